The minimum atomic E-state index is -0.305. The first kappa shape index (κ1) is 13.3. The fourth-order valence-electron chi connectivity index (χ4n) is 2.54. The molecular weight excluding hydrogens is 299 g/mol. The molecule has 2 aromatic carbocycles. The lowest BCUT2D eigenvalue weighted by molar-refractivity contribution is 0.0942. The number of carbonyl (C=O) groups excluding carboxylic acids is 1. The number of nitrogens with zero attached hydrogens (tertiary/aromatic N) is 2. The van der Waals surface area contributed by atoms with Crippen LogP contribution < -0.4 is 0 Å². The van der Waals surface area contributed by atoms with Gasteiger partial charge in [-0.1, -0.05) is 42.1 Å². The van der Waals surface area contributed by atoms with Crippen molar-refractivity contribution in [2.24, 2.45) is 0 Å². The molecule has 4 rings (SSSR count). The number of aromatic nitrogens is 2. The summed E-state index contributed by atoms with van der Waals surface area (Å²) in [6, 6.07) is 15.8. The molecule has 0 N–H and O–H groups in total. The minimum Gasteiger partial charge on any atom is -0.273 e. The highest BCUT2D eigenvalue weighted by molar-refractivity contribution is 8.00. The van der Waals surface area contributed by atoms with E-state index in [-0.39, 0.29) is 11.7 Å². The van der Waals surface area contributed by atoms with Gasteiger partial charge in [0.15, 0.2) is 0 Å². The van der Waals surface area contributed by atoms with Gasteiger partial charge in [0.05, 0.1) is 5.75 Å². The maximum absolute atomic E-state index is 13.1. The summed E-state index contributed by atoms with van der Waals surface area (Å²) < 4.78 is 14.8. The van der Waals surface area contributed by atoms with Crippen LogP contribution in [0.15, 0.2) is 59.6 Å². The lowest BCUT2D eigenvalue weighted by Crippen LogP contribution is -2.08. The van der Waals surface area contributed by atoms with Gasteiger partial charge in [-0.15, -0.1) is 0 Å². The Morgan fingerprint density at radius 2 is 1.73 bits per heavy atom. The average Bonchev–Trinajstić information content (AvgIpc) is 3.10. The van der Waals surface area contributed by atoms with E-state index < -0.39 is 0 Å². The Hall–Kier alpha value is -2.40. The molecule has 0 saturated heterocycles. The monoisotopic (exact) mass is 310 g/mol. The van der Waals surface area contributed by atoms with E-state index in [1.807, 2.05) is 30.3 Å². The third-order valence-electron chi connectivity index (χ3n) is 3.57. The highest BCUT2D eigenvalue weighted by Gasteiger charge is 2.29. The van der Waals surface area contributed by atoms with E-state index in [1.54, 1.807) is 16.7 Å². The quantitative estimate of drug-likeness (QED) is 0.714. The first-order valence-electron chi connectivity index (χ1n) is 6.84. The second-order valence-corrected chi connectivity index (χ2v) is 5.94. The Morgan fingerprint density at radius 3 is 2.45 bits per heavy atom. The van der Waals surface area contributed by atoms with Gasteiger partial charge in [-0.3, -0.25) is 9.36 Å². The fourth-order valence-corrected chi connectivity index (χ4v) is 3.55. The van der Waals surface area contributed by atoms with Gasteiger partial charge in [-0.05, 0) is 24.3 Å². The average molecular weight is 310 g/mol. The standard InChI is InChI=1S/C17H11FN2OS/c18-13-8-6-12(7-9-13)16-19-15(11-4-2-1-3-5-11)17-20(16)14(21)10-22-17/h1-9H,10H2. The predicted octanol–water partition coefficient (Wildman–Crippen LogP) is 4.10. The van der Waals surface area contributed by atoms with E-state index in [2.05, 4.69) is 4.98 Å². The third kappa shape index (κ3) is 2.05. The van der Waals surface area contributed by atoms with Crippen LogP contribution in [0.5, 0.6) is 0 Å². The number of hydrogen-bond acceptors (Lipinski definition) is 3. The summed E-state index contributed by atoms with van der Waals surface area (Å²) in [5.41, 5.74) is 2.51. The molecule has 2 heterocycles. The summed E-state index contributed by atoms with van der Waals surface area (Å²) in [6.07, 6.45) is 0. The number of halogens is 1. The van der Waals surface area contributed by atoms with E-state index in [0.717, 1.165) is 21.8 Å². The number of benzene rings is 2. The number of fused-ring (bicyclic) bond motifs is 1. The van der Waals surface area contributed by atoms with E-state index >= 15 is 0 Å². The molecule has 0 saturated carbocycles. The Bertz CT molecular complexity index is 856. The van der Waals surface area contributed by atoms with Crippen LogP contribution in [0.4, 0.5) is 4.39 Å². The van der Waals surface area contributed by atoms with Crippen LogP contribution in [0.3, 0.4) is 0 Å². The van der Waals surface area contributed by atoms with Gasteiger partial charge < -0.3 is 0 Å². The van der Waals surface area contributed by atoms with Gasteiger partial charge in [0.25, 0.3) is 0 Å². The molecule has 0 fully saturated rings. The number of carbonyl (C=O) groups is 1. The van der Waals surface area contributed by atoms with Crippen molar-refractivity contribution in [2.75, 3.05) is 5.75 Å². The topological polar surface area (TPSA) is 34.9 Å². The summed E-state index contributed by atoms with van der Waals surface area (Å²) >= 11 is 1.49. The second-order valence-electron chi connectivity index (χ2n) is 4.98. The second kappa shape index (κ2) is 5.10. The zero-order valence-electron chi connectivity index (χ0n) is 11.5. The number of hydrogen-bond donors (Lipinski definition) is 0. The molecule has 1 aliphatic heterocycles. The van der Waals surface area contributed by atoms with E-state index in [0.29, 0.717) is 11.6 Å². The smallest absolute Gasteiger partial charge is 0.243 e. The largest absolute Gasteiger partial charge is 0.273 e. The van der Waals surface area contributed by atoms with Gasteiger partial charge >= 0.3 is 0 Å². The first-order chi connectivity index (χ1) is 10.7. The molecule has 3 aromatic rings. The SMILES string of the molecule is O=C1CSc2c(-c3ccccc3)nc(-c3ccc(F)cc3)n21. The Kier molecular flexibility index (Phi) is 3.08. The molecule has 0 spiro atoms. The van der Waals surface area contributed by atoms with Gasteiger partial charge in [-0.2, -0.15) is 0 Å². The molecule has 0 amide bonds. The van der Waals surface area contributed by atoms with Crippen molar-refractivity contribution in [2.45, 2.75) is 5.03 Å². The molecule has 0 bridgehead atoms. The van der Waals surface area contributed by atoms with E-state index in [1.165, 1.54) is 23.9 Å². The van der Waals surface area contributed by atoms with Crippen molar-refractivity contribution < 1.29 is 9.18 Å². The molecule has 0 aliphatic carbocycles. The van der Waals surface area contributed by atoms with Crippen LogP contribution in [0.1, 0.15) is 4.79 Å². The molecule has 22 heavy (non-hydrogen) atoms. The molecule has 0 unspecified atom stereocenters. The van der Waals surface area contributed by atoms with Crippen LogP contribution in [-0.2, 0) is 0 Å². The first-order valence-corrected chi connectivity index (χ1v) is 7.83. The van der Waals surface area contributed by atoms with E-state index in [4.69, 9.17) is 0 Å². The zero-order chi connectivity index (χ0) is 15.1. The van der Waals surface area contributed by atoms with Crippen LogP contribution in [0.2, 0.25) is 0 Å². The summed E-state index contributed by atoms with van der Waals surface area (Å²) in [6.45, 7) is 0. The minimum absolute atomic E-state index is 0.00834. The van der Waals surface area contributed by atoms with Crippen molar-refractivity contribution in [3.8, 4) is 22.6 Å². The summed E-state index contributed by atoms with van der Waals surface area (Å²) in [5.74, 6) is 0.685. The Balaban J connectivity index is 1.93. The molecule has 3 nitrogen and oxygen atoms in total. The van der Waals surface area contributed by atoms with Crippen LogP contribution in [-0.4, -0.2) is 21.2 Å². The molecule has 0 radical (unpaired) electrons. The highest BCUT2D eigenvalue weighted by Crippen LogP contribution is 2.39. The van der Waals surface area contributed by atoms with Crippen molar-refractivity contribution in [3.63, 3.8) is 0 Å². The third-order valence-corrected chi connectivity index (χ3v) is 4.61. The molecule has 1 aromatic heterocycles. The van der Waals surface area contributed by atoms with Crippen molar-refractivity contribution >= 4 is 17.7 Å². The fraction of sp³-hybridized carbons (Fsp3) is 0.0588. The number of imidazole rings is 1. The van der Waals surface area contributed by atoms with Crippen molar-refractivity contribution in [1.82, 2.24) is 9.55 Å². The molecule has 5 heteroatoms. The predicted molar refractivity (Wildman–Crippen MR) is 84.4 cm³/mol. The number of rotatable bonds is 2. The highest BCUT2D eigenvalue weighted by atomic mass is 32.2. The Morgan fingerprint density at radius 1 is 1.00 bits per heavy atom. The maximum atomic E-state index is 13.1. The molecular formula is C17H11FN2OS. The van der Waals surface area contributed by atoms with E-state index in [9.17, 15) is 9.18 Å². The molecule has 0 atom stereocenters. The van der Waals surface area contributed by atoms with Crippen LogP contribution in [0.25, 0.3) is 22.6 Å². The molecule has 108 valence electrons. The van der Waals surface area contributed by atoms with Crippen molar-refractivity contribution in [1.29, 1.82) is 0 Å². The van der Waals surface area contributed by atoms with Gasteiger partial charge in [0.2, 0.25) is 5.91 Å². The summed E-state index contributed by atoms with van der Waals surface area (Å²) in [4.78, 5) is 16.9. The normalized spacial score (nSPS) is 13.4. The maximum Gasteiger partial charge on any atom is 0.243 e. The Labute approximate surface area is 130 Å². The van der Waals surface area contributed by atoms with Gasteiger partial charge in [0.1, 0.15) is 22.4 Å². The van der Waals surface area contributed by atoms with Crippen LogP contribution in [0, 0.1) is 5.82 Å². The summed E-state index contributed by atoms with van der Waals surface area (Å²) in [7, 11) is 0. The van der Waals surface area contributed by atoms with Gasteiger partial charge in [0, 0.05) is 11.1 Å². The summed E-state index contributed by atoms with van der Waals surface area (Å²) in [5, 5.41) is 0.857. The number of thioether (sulfide) groups is 1. The lowest BCUT2D eigenvalue weighted by atomic mass is 10.2. The lowest BCUT2D eigenvalue weighted by Gasteiger charge is -2.02. The van der Waals surface area contributed by atoms with Crippen LogP contribution >= 0.6 is 11.8 Å². The van der Waals surface area contributed by atoms with Gasteiger partial charge in [-0.25, -0.2) is 9.37 Å². The van der Waals surface area contributed by atoms with Crippen molar-refractivity contribution in [3.05, 3.63) is 60.4 Å². The zero-order valence-corrected chi connectivity index (χ0v) is 12.3. The molecule has 1 aliphatic rings.